The fraction of sp³-hybridized carbons (Fsp3) is 0.222. The second-order valence-electron chi connectivity index (χ2n) is 5.04. The fourth-order valence-electron chi connectivity index (χ4n) is 2.19. The van der Waals surface area contributed by atoms with E-state index in [9.17, 15) is 9.59 Å². The zero-order chi connectivity index (χ0) is 16.8. The maximum Gasteiger partial charge on any atom is 0.228 e. The van der Waals surface area contributed by atoms with Crippen LogP contribution in [0.1, 0.15) is 22.8 Å². The Balaban J connectivity index is 2.12. The molecule has 0 atom stereocenters. The Morgan fingerprint density at radius 1 is 1.00 bits per heavy atom. The van der Waals surface area contributed by atoms with Gasteiger partial charge in [-0.1, -0.05) is 0 Å². The van der Waals surface area contributed by atoms with Crippen LogP contribution >= 0.6 is 0 Å². The van der Waals surface area contributed by atoms with Crippen LogP contribution in [-0.2, 0) is 11.2 Å². The molecule has 1 amide bonds. The van der Waals surface area contributed by atoms with Crippen molar-refractivity contribution in [2.75, 3.05) is 19.5 Å². The lowest BCUT2D eigenvalue weighted by molar-refractivity contribution is -0.115. The summed E-state index contributed by atoms with van der Waals surface area (Å²) >= 11 is 0. The monoisotopic (exact) mass is 313 g/mol. The van der Waals surface area contributed by atoms with Crippen LogP contribution in [0, 0.1) is 0 Å². The average Bonchev–Trinajstić information content (AvgIpc) is 2.55. The molecule has 120 valence electrons. The lowest BCUT2D eigenvalue weighted by Crippen LogP contribution is -2.15. The standard InChI is InChI=1S/C18H19NO4/c1-12(20)13-4-9-17(23-3)14(10-13)11-18(21)19-15-5-7-16(22-2)8-6-15/h4-10H,11H2,1-3H3,(H,19,21). The van der Waals surface area contributed by atoms with Crippen molar-refractivity contribution in [3.63, 3.8) is 0 Å². The van der Waals surface area contributed by atoms with Gasteiger partial charge in [0.05, 0.1) is 20.6 Å². The number of hydrogen-bond donors (Lipinski definition) is 1. The minimum atomic E-state index is -0.186. The second kappa shape index (κ2) is 7.45. The van der Waals surface area contributed by atoms with Crippen LogP contribution in [0.2, 0.25) is 0 Å². The summed E-state index contributed by atoms with van der Waals surface area (Å²) in [5, 5.41) is 2.81. The van der Waals surface area contributed by atoms with Crippen molar-refractivity contribution in [3.05, 3.63) is 53.6 Å². The third kappa shape index (κ3) is 4.32. The first-order valence-electron chi connectivity index (χ1n) is 7.15. The third-order valence-corrected chi connectivity index (χ3v) is 3.41. The SMILES string of the molecule is COc1ccc(NC(=O)Cc2cc(C(C)=O)ccc2OC)cc1. The van der Waals surface area contributed by atoms with Gasteiger partial charge in [0.1, 0.15) is 11.5 Å². The lowest BCUT2D eigenvalue weighted by atomic mass is 10.0. The molecule has 2 rings (SSSR count). The van der Waals surface area contributed by atoms with E-state index in [-0.39, 0.29) is 18.1 Å². The summed E-state index contributed by atoms with van der Waals surface area (Å²) < 4.78 is 10.3. The highest BCUT2D eigenvalue weighted by molar-refractivity contribution is 5.96. The molecule has 0 saturated heterocycles. The maximum atomic E-state index is 12.2. The molecule has 0 heterocycles. The molecule has 23 heavy (non-hydrogen) atoms. The van der Waals surface area contributed by atoms with E-state index >= 15 is 0 Å². The minimum absolute atomic E-state index is 0.0514. The van der Waals surface area contributed by atoms with Gasteiger partial charge in [-0.15, -0.1) is 0 Å². The molecule has 0 aliphatic carbocycles. The Labute approximate surface area is 135 Å². The molecule has 5 heteroatoms. The number of carbonyl (C=O) groups is 2. The highest BCUT2D eigenvalue weighted by Gasteiger charge is 2.12. The summed E-state index contributed by atoms with van der Waals surface area (Å²) in [6.45, 7) is 1.49. The van der Waals surface area contributed by atoms with Gasteiger partial charge in [-0.25, -0.2) is 0 Å². The number of benzene rings is 2. The molecule has 0 saturated carbocycles. The Bertz CT molecular complexity index is 707. The predicted octanol–water partition coefficient (Wildman–Crippen LogP) is 3.09. The lowest BCUT2D eigenvalue weighted by Gasteiger charge is -2.11. The molecule has 0 spiro atoms. The number of Topliss-reactive ketones (excluding diaryl/α,β-unsaturated/α-hetero) is 1. The Morgan fingerprint density at radius 2 is 1.70 bits per heavy atom. The molecule has 0 aromatic heterocycles. The molecule has 0 aliphatic heterocycles. The number of methoxy groups -OCH3 is 2. The van der Waals surface area contributed by atoms with Gasteiger partial charge in [0.15, 0.2) is 5.78 Å². The summed E-state index contributed by atoms with van der Waals surface area (Å²) in [5.74, 6) is 1.07. The van der Waals surface area contributed by atoms with Crippen LogP contribution in [0.25, 0.3) is 0 Å². The van der Waals surface area contributed by atoms with Crippen LogP contribution in [0.3, 0.4) is 0 Å². The Morgan fingerprint density at radius 3 is 2.26 bits per heavy atom. The van der Waals surface area contributed by atoms with Crippen LogP contribution in [-0.4, -0.2) is 25.9 Å². The second-order valence-corrected chi connectivity index (χ2v) is 5.04. The van der Waals surface area contributed by atoms with E-state index < -0.39 is 0 Å². The van der Waals surface area contributed by atoms with E-state index in [4.69, 9.17) is 9.47 Å². The summed E-state index contributed by atoms with van der Waals surface area (Å²) in [4.78, 5) is 23.7. The first kappa shape index (κ1) is 16.5. The van der Waals surface area contributed by atoms with Crippen molar-refractivity contribution in [2.24, 2.45) is 0 Å². The zero-order valence-corrected chi connectivity index (χ0v) is 13.4. The molecule has 2 aromatic carbocycles. The van der Waals surface area contributed by atoms with Gasteiger partial charge in [-0.05, 0) is 49.4 Å². The topological polar surface area (TPSA) is 64.6 Å². The summed E-state index contributed by atoms with van der Waals surface area (Å²) in [7, 11) is 3.12. The van der Waals surface area contributed by atoms with Crippen LogP contribution in [0.15, 0.2) is 42.5 Å². The maximum absolute atomic E-state index is 12.2. The van der Waals surface area contributed by atoms with Crippen LogP contribution in [0.5, 0.6) is 11.5 Å². The molecule has 0 bridgehead atoms. The normalized spacial score (nSPS) is 10.0. The van der Waals surface area contributed by atoms with Gasteiger partial charge in [-0.3, -0.25) is 9.59 Å². The number of ether oxygens (including phenoxy) is 2. The third-order valence-electron chi connectivity index (χ3n) is 3.41. The molecule has 0 radical (unpaired) electrons. The van der Waals surface area contributed by atoms with E-state index in [1.54, 1.807) is 49.6 Å². The molecular formula is C18H19NO4. The Kier molecular flexibility index (Phi) is 5.36. The van der Waals surface area contributed by atoms with E-state index in [1.165, 1.54) is 14.0 Å². The first-order chi connectivity index (χ1) is 11.0. The van der Waals surface area contributed by atoms with Gasteiger partial charge in [0, 0.05) is 16.8 Å². The van der Waals surface area contributed by atoms with Crippen molar-refractivity contribution in [1.29, 1.82) is 0 Å². The number of ketones is 1. The van der Waals surface area contributed by atoms with Crippen LogP contribution in [0.4, 0.5) is 5.69 Å². The number of carbonyl (C=O) groups excluding carboxylic acids is 2. The molecule has 1 N–H and O–H groups in total. The van der Waals surface area contributed by atoms with Gasteiger partial charge in [0.25, 0.3) is 0 Å². The number of rotatable bonds is 6. The highest BCUT2D eigenvalue weighted by Crippen LogP contribution is 2.22. The van der Waals surface area contributed by atoms with Crippen molar-refractivity contribution in [2.45, 2.75) is 13.3 Å². The molecule has 5 nitrogen and oxygen atoms in total. The van der Waals surface area contributed by atoms with Gasteiger partial charge in [0.2, 0.25) is 5.91 Å². The first-order valence-corrected chi connectivity index (χ1v) is 7.15. The molecule has 0 unspecified atom stereocenters. The van der Waals surface area contributed by atoms with Crippen molar-refractivity contribution >= 4 is 17.4 Å². The van der Waals surface area contributed by atoms with E-state index in [2.05, 4.69) is 5.32 Å². The number of amides is 1. The average molecular weight is 313 g/mol. The minimum Gasteiger partial charge on any atom is -0.497 e. The quantitative estimate of drug-likeness (QED) is 0.832. The smallest absolute Gasteiger partial charge is 0.228 e. The van der Waals surface area contributed by atoms with Gasteiger partial charge in [-0.2, -0.15) is 0 Å². The van der Waals surface area contributed by atoms with E-state index in [0.29, 0.717) is 22.6 Å². The Hall–Kier alpha value is -2.82. The summed E-state index contributed by atoms with van der Waals surface area (Å²) in [6, 6.07) is 12.1. The van der Waals surface area contributed by atoms with Crippen molar-refractivity contribution in [3.8, 4) is 11.5 Å². The number of anilines is 1. The highest BCUT2D eigenvalue weighted by atomic mass is 16.5. The largest absolute Gasteiger partial charge is 0.497 e. The summed E-state index contributed by atoms with van der Waals surface area (Å²) in [6.07, 6.45) is 0.121. The summed E-state index contributed by atoms with van der Waals surface area (Å²) in [5.41, 5.74) is 1.90. The van der Waals surface area contributed by atoms with Gasteiger partial charge >= 0.3 is 0 Å². The van der Waals surface area contributed by atoms with E-state index in [1.807, 2.05) is 0 Å². The molecular weight excluding hydrogens is 294 g/mol. The van der Waals surface area contributed by atoms with Crippen LogP contribution < -0.4 is 14.8 Å². The molecule has 0 aliphatic rings. The van der Waals surface area contributed by atoms with Gasteiger partial charge < -0.3 is 14.8 Å². The fourth-order valence-corrected chi connectivity index (χ4v) is 2.19. The van der Waals surface area contributed by atoms with Crippen molar-refractivity contribution < 1.29 is 19.1 Å². The predicted molar refractivity (Wildman–Crippen MR) is 88.3 cm³/mol. The number of nitrogens with one attached hydrogen (secondary N) is 1. The van der Waals surface area contributed by atoms with E-state index in [0.717, 1.165) is 5.75 Å². The zero-order valence-electron chi connectivity index (χ0n) is 13.4. The molecule has 0 fully saturated rings. The number of hydrogen-bond acceptors (Lipinski definition) is 4. The van der Waals surface area contributed by atoms with Crippen molar-refractivity contribution in [1.82, 2.24) is 0 Å². The molecule has 2 aromatic rings.